The molecule has 0 atom stereocenters. The van der Waals surface area contributed by atoms with Crippen molar-refractivity contribution in [1.82, 2.24) is 30.1 Å². The van der Waals surface area contributed by atoms with Gasteiger partial charge in [0.15, 0.2) is 5.65 Å². The summed E-state index contributed by atoms with van der Waals surface area (Å²) in [6.07, 6.45) is 6.88. The van der Waals surface area contributed by atoms with Gasteiger partial charge in [-0.1, -0.05) is 18.2 Å². The van der Waals surface area contributed by atoms with Crippen LogP contribution in [0.5, 0.6) is 0 Å². The molecular formula is C25H17N7O. The number of carbonyl (C=O) groups is 1. The highest BCUT2D eigenvalue weighted by atomic mass is 16.1. The Bertz CT molecular complexity index is 1590. The number of pyridine rings is 3. The number of fused-ring (bicyclic) bond motifs is 2. The third-order valence-electron chi connectivity index (χ3n) is 5.43. The lowest BCUT2D eigenvalue weighted by Crippen LogP contribution is -2.11. The van der Waals surface area contributed by atoms with Crippen molar-refractivity contribution in [3.8, 4) is 22.5 Å². The van der Waals surface area contributed by atoms with Crippen LogP contribution in [0, 0.1) is 0 Å². The van der Waals surface area contributed by atoms with E-state index in [1.807, 2.05) is 48.5 Å². The van der Waals surface area contributed by atoms with Gasteiger partial charge in [0.1, 0.15) is 11.3 Å². The van der Waals surface area contributed by atoms with E-state index in [9.17, 15) is 4.79 Å². The normalized spacial score (nSPS) is 11.2. The SMILES string of the molecule is O=C(Nc1cncc(-c2cnc3[nH]nc(-c4cc5cccnc5[nH]4)c3c2)c1)c1ccccc1. The van der Waals surface area contributed by atoms with Crippen molar-refractivity contribution in [2.45, 2.75) is 0 Å². The molecule has 0 unspecified atom stereocenters. The summed E-state index contributed by atoms with van der Waals surface area (Å²) in [6, 6.07) is 18.9. The topological polar surface area (TPSA) is 112 Å². The number of benzene rings is 1. The second-order valence-electron chi connectivity index (χ2n) is 7.60. The Labute approximate surface area is 187 Å². The third kappa shape index (κ3) is 3.49. The molecule has 0 saturated carbocycles. The summed E-state index contributed by atoms with van der Waals surface area (Å²) in [5.74, 6) is -0.187. The van der Waals surface area contributed by atoms with Crippen molar-refractivity contribution >= 4 is 33.7 Å². The lowest BCUT2D eigenvalue weighted by Gasteiger charge is -2.07. The van der Waals surface area contributed by atoms with Crippen molar-refractivity contribution < 1.29 is 4.79 Å². The zero-order valence-electron chi connectivity index (χ0n) is 17.3. The highest BCUT2D eigenvalue weighted by Crippen LogP contribution is 2.30. The molecule has 0 saturated heterocycles. The summed E-state index contributed by atoms with van der Waals surface area (Å²) >= 11 is 0. The van der Waals surface area contributed by atoms with Crippen molar-refractivity contribution in [1.29, 1.82) is 0 Å². The number of aromatic amines is 2. The highest BCUT2D eigenvalue weighted by molar-refractivity contribution is 6.04. The maximum atomic E-state index is 12.5. The Kier molecular flexibility index (Phi) is 4.40. The fraction of sp³-hybridized carbons (Fsp3) is 0. The van der Waals surface area contributed by atoms with Crippen molar-refractivity contribution in [2.24, 2.45) is 0 Å². The minimum Gasteiger partial charge on any atom is -0.338 e. The number of hydrogen-bond donors (Lipinski definition) is 3. The van der Waals surface area contributed by atoms with Crippen LogP contribution in [-0.4, -0.2) is 36.0 Å². The fourth-order valence-electron chi connectivity index (χ4n) is 3.81. The Morgan fingerprint density at radius 2 is 1.73 bits per heavy atom. The predicted molar refractivity (Wildman–Crippen MR) is 127 cm³/mol. The Balaban J connectivity index is 1.36. The summed E-state index contributed by atoms with van der Waals surface area (Å²) in [7, 11) is 0. The molecule has 5 aromatic heterocycles. The molecule has 33 heavy (non-hydrogen) atoms. The molecule has 0 aliphatic heterocycles. The quantitative estimate of drug-likeness (QED) is 0.371. The van der Waals surface area contributed by atoms with E-state index in [4.69, 9.17) is 0 Å². The summed E-state index contributed by atoms with van der Waals surface area (Å²) in [5, 5.41) is 12.2. The summed E-state index contributed by atoms with van der Waals surface area (Å²) < 4.78 is 0. The lowest BCUT2D eigenvalue weighted by molar-refractivity contribution is 0.102. The van der Waals surface area contributed by atoms with Gasteiger partial charge in [-0.25, -0.2) is 9.97 Å². The average molecular weight is 431 g/mol. The number of carbonyl (C=O) groups excluding carboxylic acids is 1. The van der Waals surface area contributed by atoms with Crippen LogP contribution in [0.25, 0.3) is 44.6 Å². The Morgan fingerprint density at radius 1 is 0.848 bits per heavy atom. The Morgan fingerprint density at radius 3 is 2.61 bits per heavy atom. The average Bonchev–Trinajstić information content (AvgIpc) is 3.48. The molecule has 5 heterocycles. The summed E-state index contributed by atoms with van der Waals surface area (Å²) in [5.41, 5.74) is 6.00. The number of H-pyrrole nitrogens is 2. The monoisotopic (exact) mass is 431 g/mol. The number of aromatic nitrogens is 6. The first-order valence-electron chi connectivity index (χ1n) is 10.3. The molecule has 3 N–H and O–H groups in total. The van der Waals surface area contributed by atoms with E-state index >= 15 is 0 Å². The summed E-state index contributed by atoms with van der Waals surface area (Å²) in [4.78, 5) is 29.0. The molecule has 8 nitrogen and oxygen atoms in total. The lowest BCUT2D eigenvalue weighted by atomic mass is 10.1. The molecule has 1 aromatic carbocycles. The van der Waals surface area contributed by atoms with Crippen LogP contribution in [0.4, 0.5) is 5.69 Å². The minimum atomic E-state index is -0.187. The van der Waals surface area contributed by atoms with Crippen molar-refractivity contribution in [2.75, 3.05) is 5.32 Å². The maximum absolute atomic E-state index is 12.5. The van der Waals surface area contributed by atoms with E-state index in [0.29, 0.717) is 16.9 Å². The van der Waals surface area contributed by atoms with E-state index in [2.05, 4.69) is 35.5 Å². The number of nitrogens with one attached hydrogen (secondary N) is 3. The number of anilines is 1. The second-order valence-corrected chi connectivity index (χ2v) is 7.60. The smallest absolute Gasteiger partial charge is 0.255 e. The van der Waals surface area contributed by atoms with Crippen LogP contribution in [-0.2, 0) is 0 Å². The first-order chi connectivity index (χ1) is 16.2. The van der Waals surface area contributed by atoms with E-state index in [-0.39, 0.29) is 5.91 Å². The van der Waals surface area contributed by atoms with Gasteiger partial charge in [0.2, 0.25) is 0 Å². The molecular weight excluding hydrogens is 414 g/mol. The molecule has 0 bridgehead atoms. The van der Waals surface area contributed by atoms with Gasteiger partial charge >= 0.3 is 0 Å². The number of nitrogens with zero attached hydrogens (tertiary/aromatic N) is 4. The van der Waals surface area contributed by atoms with E-state index < -0.39 is 0 Å². The number of amides is 1. The zero-order chi connectivity index (χ0) is 22.2. The fourth-order valence-corrected chi connectivity index (χ4v) is 3.81. The predicted octanol–water partition coefficient (Wildman–Crippen LogP) is 4.82. The van der Waals surface area contributed by atoms with Gasteiger partial charge in [0, 0.05) is 46.1 Å². The van der Waals surface area contributed by atoms with E-state index in [1.165, 1.54) is 0 Å². The van der Waals surface area contributed by atoms with Gasteiger partial charge in [-0.05, 0) is 42.5 Å². The molecule has 0 spiro atoms. The molecule has 0 aliphatic rings. The van der Waals surface area contributed by atoms with Crippen LogP contribution in [0.3, 0.4) is 0 Å². The van der Waals surface area contributed by atoms with Crippen molar-refractivity contribution in [3.05, 3.63) is 91.0 Å². The van der Waals surface area contributed by atoms with Crippen LogP contribution in [0.15, 0.2) is 85.5 Å². The Hall–Kier alpha value is -4.85. The summed E-state index contributed by atoms with van der Waals surface area (Å²) in [6.45, 7) is 0. The van der Waals surface area contributed by atoms with Crippen LogP contribution in [0.2, 0.25) is 0 Å². The maximum Gasteiger partial charge on any atom is 0.255 e. The molecule has 0 aliphatic carbocycles. The molecule has 0 fully saturated rings. The molecule has 158 valence electrons. The van der Waals surface area contributed by atoms with Gasteiger partial charge in [0.05, 0.1) is 17.6 Å². The zero-order valence-corrected chi connectivity index (χ0v) is 17.3. The molecule has 6 rings (SSSR count). The first-order valence-corrected chi connectivity index (χ1v) is 10.3. The van der Waals surface area contributed by atoms with Gasteiger partial charge in [0.25, 0.3) is 5.91 Å². The molecule has 8 heteroatoms. The highest BCUT2D eigenvalue weighted by Gasteiger charge is 2.14. The van der Waals surface area contributed by atoms with Gasteiger partial charge < -0.3 is 10.3 Å². The van der Waals surface area contributed by atoms with E-state index in [1.54, 1.807) is 36.9 Å². The van der Waals surface area contributed by atoms with Crippen LogP contribution < -0.4 is 5.32 Å². The van der Waals surface area contributed by atoms with Crippen LogP contribution >= 0.6 is 0 Å². The van der Waals surface area contributed by atoms with Gasteiger partial charge in [-0.3, -0.25) is 14.9 Å². The standard InChI is InChI=1S/C25H17N7O/c33-25(15-5-2-1-3-6-15)29-19-9-17(12-26-14-19)18-10-20-22(31-32-24(20)28-13-18)21-11-16-7-4-8-27-23(16)30-21/h1-14H,(H,27,30)(H,29,33)(H,28,31,32). The second kappa shape index (κ2) is 7.69. The van der Waals surface area contributed by atoms with E-state index in [0.717, 1.165) is 38.9 Å². The van der Waals surface area contributed by atoms with Crippen molar-refractivity contribution in [3.63, 3.8) is 0 Å². The molecule has 1 amide bonds. The minimum absolute atomic E-state index is 0.187. The first kappa shape index (κ1) is 18.9. The largest absolute Gasteiger partial charge is 0.338 e. The van der Waals surface area contributed by atoms with Crippen LogP contribution in [0.1, 0.15) is 10.4 Å². The molecule has 0 radical (unpaired) electrons. The third-order valence-corrected chi connectivity index (χ3v) is 5.43. The van der Waals surface area contributed by atoms with Gasteiger partial charge in [-0.2, -0.15) is 5.10 Å². The number of rotatable bonds is 4. The molecule has 6 aromatic rings. The number of hydrogen-bond acceptors (Lipinski definition) is 5. The van der Waals surface area contributed by atoms with Gasteiger partial charge in [-0.15, -0.1) is 0 Å².